The quantitative estimate of drug-likeness (QED) is 0.190. The molecule has 9 nitrogen and oxygen atoms in total. The predicted molar refractivity (Wildman–Crippen MR) is 107 cm³/mol. The molecular weight excluding hydrogens is 394 g/mol. The summed E-state index contributed by atoms with van der Waals surface area (Å²) in [6, 6.07) is 9.04. The van der Waals surface area contributed by atoms with Crippen LogP contribution in [0, 0.1) is 17.0 Å². The van der Waals surface area contributed by atoms with Crippen molar-refractivity contribution < 1.29 is 28.3 Å². The van der Waals surface area contributed by atoms with Crippen LogP contribution in [0.2, 0.25) is 0 Å². The summed E-state index contributed by atoms with van der Waals surface area (Å²) >= 11 is 0. The van der Waals surface area contributed by atoms with E-state index in [4.69, 9.17) is 18.6 Å². The van der Waals surface area contributed by atoms with Crippen molar-refractivity contribution in [2.45, 2.75) is 19.8 Å². The van der Waals surface area contributed by atoms with E-state index in [0.717, 1.165) is 5.39 Å². The minimum absolute atomic E-state index is 0.0684. The molecule has 0 aliphatic rings. The SMILES string of the molecule is COc1ccc(OC(=O)CCc2c(C)c3ccc(OC)cc3oc2=O)c([N+](=O)[O-])c1. The van der Waals surface area contributed by atoms with E-state index in [1.54, 1.807) is 25.1 Å². The van der Waals surface area contributed by atoms with Crippen LogP contribution in [0.1, 0.15) is 17.5 Å². The van der Waals surface area contributed by atoms with Crippen molar-refractivity contribution in [1.82, 2.24) is 0 Å². The second kappa shape index (κ2) is 8.64. The number of ether oxygens (including phenoxy) is 3. The number of aryl methyl sites for hydroxylation is 1. The van der Waals surface area contributed by atoms with Crippen LogP contribution in [-0.2, 0) is 11.2 Å². The van der Waals surface area contributed by atoms with Gasteiger partial charge in [-0.3, -0.25) is 14.9 Å². The minimum Gasteiger partial charge on any atom is -0.497 e. The first-order chi connectivity index (χ1) is 14.3. The van der Waals surface area contributed by atoms with E-state index >= 15 is 0 Å². The Morgan fingerprint density at radius 1 is 1.10 bits per heavy atom. The number of hydrogen-bond acceptors (Lipinski definition) is 8. The number of nitro benzene ring substituents is 1. The second-order valence-electron chi connectivity index (χ2n) is 6.42. The molecule has 0 bridgehead atoms. The molecule has 0 aliphatic carbocycles. The van der Waals surface area contributed by atoms with Gasteiger partial charge in [0, 0.05) is 17.0 Å². The maximum absolute atomic E-state index is 12.4. The highest BCUT2D eigenvalue weighted by molar-refractivity contribution is 5.82. The number of fused-ring (bicyclic) bond motifs is 1. The summed E-state index contributed by atoms with van der Waals surface area (Å²) in [6.45, 7) is 1.76. The van der Waals surface area contributed by atoms with Crippen LogP contribution in [0.15, 0.2) is 45.6 Å². The van der Waals surface area contributed by atoms with Gasteiger partial charge in [-0.2, -0.15) is 0 Å². The van der Waals surface area contributed by atoms with Gasteiger partial charge in [0.15, 0.2) is 0 Å². The molecule has 0 amide bonds. The number of nitrogens with zero attached hydrogens (tertiary/aromatic N) is 1. The first-order valence-electron chi connectivity index (χ1n) is 8.97. The number of carbonyl (C=O) groups excluding carboxylic acids is 1. The summed E-state index contributed by atoms with van der Waals surface area (Å²) in [4.78, 5) is 35.2. The molecule has 0 saturated heterocycles. The topological polar surface area (TPSA) is 118 Å². The number of nitro groups is 1. The van der Waals surface area contributed by atoms with Gasteiger partial charge in [-0.25, -0.2) is 4.79 Å². The highest BCUT2D eigenvalue weighted by Gasteiger charge is 2.20. The van der Waals surface area contributed by atoms with E-state index in [0.29, 0.717) is 22.5 Å². The van der Waals surface area contributed by atoms with E-state index in [1.807, 2.05) is 0 Å². The molecule has 0 aliphatic heterocycles. The fourth-order valence-corrected chi connectivity index (χ4v) is 3.04. The van der Waals surface area contributed by atoms with E-state index in [9.17, 15) is 19.7 Å². The van der Waals surface area contributed by atoms with Crippen molar-refractivity contribution in [3.8, 4) is 17.2 Å². The Balaban J connectivity index is 1.79. The Labute approximate surface area is 170 Å². The van der Waals surface area contributed by atoms with Gasteiger partial charge in [0.1, 0.15) is 17.1 Å². The molecule has 2 aromatic carbocycles. The summed E-state index contributed by atoms with van der Waals surface area (Å²) in [5, 5.41) is 11.9. The van der Waals surface area contributed by atoms with Crippen LogP contribution in [0.5, 0.6) is 17.2 Å². The van der Waals surface area contributed by atoms with Crippen LogP contribution in [0.3, 0.4) is 0 Å². The number of hydrogen-bond donors (Lipinski definition) is 0. The van der Waals surface area contributed by atoms with Gasteiger partial charge < -0.3 is 18.6 Å². The number of benzene rings is 2. The van der Waals surface area contributed by atoms with Crippen LogP contribution in [0.25, 0.3) is 11.0 Å². The standard InChI is InChI=1S/C21H19NO8/c1-12-15-6-4-14(28-3)11-19(15)30-21(24)16(12)7-9-20(23)29-18-8-5-13(27-2)10-17(18)22(25)26/h4-6,8,10-11H,7,9H2,1-3H3. The van der Waals surface area contributed by atoms with Gasteiger partial charge in [-0.15, -0.1) is 0 Å². The number of rotatable bonds is 7. The maximum Gasteiger partial charge on any atom is 0.339 e. The molecule has 0 radical (unpaired) electrons. The molecule has 3 aromatic rings. The predicted octanol–water partition coefficient (Wildman–Crippen LogP) is 3.57. The van der Waals surface area contributed by atoms with Crippen LogP contribution in [-0.4, -0.2) is 25.1 Å². The summed E-state index contributed by atoms with van der Waals surface area (Å²) in [5.41, 5.74) is 0.465. The second-order valence-corrected chi connectivity index (χ2v) is 6.42. The third-order valence-electron chi connectivity index (χ3n) is 4.66. The fourth-order valence-electron chi connectivity index (χ4n) is 3.04. The van der Waals surface area contributed by atoms with Crippen LogP contribution < -0.4 is 19.8 Å². The lowest BCUT2D eigenvalue weighted by molar-refractivity contribution is -0.385. The molecule has 156 valence electrons. The zero-order valence-electron chi connectivity index (χ0n) is 16.6. The molecule has 3 rings (SSSR count). The van der Waals surface area contributed by atoms with Crippen molar-refractivity contribution in [2.24, 2.45) is 0 Å². The first kappa shape index (κ1) is 20.8. The van der Waals surface area contributed by atoms with Gasteiger partial charge in [0.25, 0.3) is 0 Å². The Bertz CT molecular complexity index is 1180. The zero-order valence-corrected chi connectivity index (χ0v) is 16.6. The molecule has 0 unspecified atom stereocenters. The average Bonchev–Trinajstić information content (AvgIpc) is 2.73. The highest BCUT2D eigenvalue weighted by atomic mass is 16.6. The van der Waals surface area contributed by atoms with Crippen molar-refractivity contribution in [3.05, 3.63) is 68.1 Å². The van der Waals surface area contributed by atoms with E-state index in [1.165, 1.54) is 32.4 Å². The zero-order chi connectivity index (χ0) is 21.8. The van der Waals surface area contributed by atoms with E-state index in [-0.39, 0.29) is 24.3 Å². The van der Waals surface area contributed by atoms with Crippen molar-refractivity contribution in [3.63, 3.8) is 0 Å². The van der Waals surface area contributed by atoms with E-state index < -0.39 is 22.2 Å². The van der Waals surface area contributed by atoms with Gasteiger partial charge in [-0.1, -0.05) is 0 Å². The molecular formula is C21H19NO8. The van der Waals surface area contributed by atoms with Crippen molar-refractivity contribution in [1.29, 1.82) is 0 Å². The third-order valence-corrected chi connectivity index (χ3v) is 4.66. The minimum atomic E-state index is -0.711. The maximum atomic E-state index is 12.4. The molecule has 30 heavy (non-hydrogen) atoms. The average molecular weight is 413 g/mol. The molecule has 0 N–H and O–H groups in total. The molecule has 1 heterocycles. The lowest BCUT2D eigenvalue weighted by Crippen LogP contribution is -2.15. The number of esters is 1. The Morgan fingerprint density at radius 2 is 1.77 bits per heavy atom. The van der Waals surface area contributed by atoms with Crippen molar-refractivity contribution in [2.75, 3.05) is 14.2 Å². The summed E-state index contributed by atoms with van der Waals surface area (Å²) in [7, 11) is 2.89. The monoisotopic (exact) mass is 413 g/mol. The highest BCUT2D eigenvalue weighted by Crippen LogP contribution is 2.31. The molecule has 1 aromatic heterocycles. The normalized spacial score (nSPS) is 10.6. The lowest BCUT2D eigenvalue weighted by atomic mass is 10.0. The summed E-state index contributed by atoms with van der Waals surface area (Å²) < 4.78 is 20.6. The fraction of sp³-hybridized carbons (Fsp3) is 0.238. The number of methoxy groups -OCH3 is 2. The summed E-state index contributed by atoms with van der Waals surface area (Å²) in [6.07, 6.45) is -0.0879. The van der Waals surface area contributed by atoms with Gasteiger partial charge in [0.2, 0.25) is 5.75 Å². The summed E-state index contributed by atoms with van der Waals surface area (Å²) in [5.74, 6) is -0.0814. The van der Waals surface area contributed by atoms with Gasteiger partial charge in [-0.05, 0) is 43.2 Å². The molecule has 0 spiro atoms. The Morgan fingerprint density at radius 3 is 2.43 bits per heavy atom. The third kappa shape index (κ3) is 4.24. The smallest absolute Gasteiger partial charge is 0.339 e. The van der Waals surface area contributed by atoms with Crippen molar-refractivity contribution >= 4 is 22.6 Å². The molecule has 0 saturated carbocycles. The van der Waals surface area contributed by atoms with E-state index in [2.05, 4.69) is 0 Å². The first-order valence-corrected chi connectivity index (χ1v) is 8.97. The number of carbonyl (C=O) groups is 1. The Hall–Kier alpha value is -3.88. The largest absolute Gasteiger partial charge is 0.497 e. The molecule has 0 atom stereocenters. The van der Waals surface area contributed by atoms with Crippen LogP contribution in [0.4, 0.5) is 5.69 Å². The molecule has 0 fully saturated rings. The Kier molecular flexibility index (Phi) is 6.01. The van der Waals surface area contributed by atoms with Gasteiger partial charge >= 0.3 is 17.3 Å². The van der Waals surface area contributed by atoms with Gasteiger partial charge in [0.05, 0.1) is 31.6 Å². The van der Waals surface area contributed by atoms with Crippen LogP contribution >= 0.6 is 0 Å². The molecule has 9 heteroatoms. The lowest BCUT2D eigenvalue weighted by Gasteiger charge is -2.09.